The molecule has 0 bridgehead atoms. The summed E-state index contributed by atoms with van der Waals surface area (Å²) in [6, 6.07) is 1.34. The van der Waals surface area contributed by atoms with Crippen LogP contribution in [0, 0.1) is 0 Å². The van der Waals surface area contributed by atoms with Crippen LogP contribution in [0.1, 0.15) is 28.9 Å². The van der Waals surface area contributed by atoms with Crippen LogP contribution in [-0.2, 0) is 11.8 Å². The molecule has 0 unspecified atom stereocenters. The minimum Gasteiger partial charge on any atom is -0.475 e. The fraction of sp³-hybridized carbons (Fsp3) is 0.421. The van der Waals surface area contributed by atoms with Crippen LogP contribution in [0.15, 0.2) is 24.7 Å². The highest BCUT2D eigenvalue weighted by Gasteiger charge is 2.38. The molecule has 3 aromatic rings. The molecule has 3 aromatic heterocycles. The van der Waals surface area contributed by atoms with Gasteiger partial charge in [0, 0.05) is 32.0 Å². The second-order valence-corrected chi connectivity index (χ2v) is 7.77. The summed E-state index contributed by atoms with van der Waals surface area (Å²) in [5.74, 6) is -2.95. The van der Waals surface area contributed by atoms with Gasteiger partial charge in [0.05, 0.1) is 18.4 Å². The van der Waals surface area contributed by atoms with E-state index in [9.17, 15) is 31.1 Å². The van der Waals surface area contributed by atoms with Crippen molar-refractivity contribution in [2.75, 3.05) is 23.3 Å². The number of amides is 1. The first-order chi connectivity index (χ1) is 16.8. The smallest absolute Gasteiger partial charge is 0.475 e. The monoisotopic (exact) mass is 522 g/mol. The number of aliphatic carboxylic acids is 1. The Morgan fingerprint density at radius 3 is 2.53 bits per heavy atom. The summed E-state index contributed by atoms with van der Waals surface area (Å²) in [6.45, 7) is 0.590. The Balaban J connectivity index is 0.000000454. The van der Waals surface area contributed by atoms with Gasteiger partial charge in [0.15, 0.2) is 11.3 Å². The molecule has 36 heavy (non-hydrogen) atoms. The number of carbonyl (C=O) groups excluding carboxylic acids is 1. The van der Waals surface area contributed by atoms with Gasteiger partial charge >= 0.3 is 12.1 Å². The lowest BCUT2D eigenvalue weighted by molar-refractivity contribution is -0.192. The lowest BCUT2D eigenvalue weighted by Gasteiger charge is -2.33. The van der Waals surface area contributed by atoms with Crippen LogP contribution in [0.5, 0.6) is 0 Å². The molecule has 4 N–H and O–H groups in total. The van der Waals surface area contributed by atoms with E-state index in [0.29, 0.717) is 12.4 Å². The summed E-state index contributed by atoms with van der Waals surface area (Å²) in [6.07, 6.45) is -4.52. The molecule has 1 aliphatic heterocycles. The molecule has 4 rings (SSSR count). The predicted octanol–water partition coefficient (Wildman–Crippen LogP) is 2.16. The molecule has 0 radical (unpaired) electrons. The maximum absolute atomic E-state index is 13.9. The summed E-state index contributed by atoms with van der Waals surface area (Å²) in [5, 5.41) is 17.3. The van der Waals surface area contributed by atoms with Crippen LogP contribution in [0.4, 0.5) is 37.8 Å². The first-order valence-electron chi connectivity index (χ1n) is 10.2. The number of hydrogen-bond donors (Lipinski definition) is 3. The van der Waals surface area contributed by atoms with E-state index in [1.807, 2.05) is 0 Å². The average Bonchev–Trinajstić information content (AvgIpc) is 3.35. The Kier molecular flexibility index (Phi) is 7.71. The van der Waals surface area contributed by atoms with Gasteiger partial charge in [0.2, 0.25) is 0 Å². The third-order valence-electron chi connectivity index (χ3n) is 4.91. The number of aromatic nitrogens is 5. The van der Waals surface area contributed by atoms with Crippen molar-refractivity contribution in [3.05, 3.63) is 35.9 Å². The fourth-order valence-electron chi connectivity index (χ4n) is 3.41. The second-order valence-electron chi connectivity index (χ2n) is 7.77. The van der Waals surface area contributed by atoms with E-state index in [1.165, 1.54) is 28.6 Å². The van der Waals surface area contributed by atoms with E-state index in [4.69, 9.17) is 15.6 Å². The molecule has 2 atom stereocenters. The van der Waals surface area contributed by atoms with Crippen molar-refractivity contribution < 1.29 is 41.0 Å². The maximum atomic E-state index is 13.9. The Bertz CT molecular complexity index is 1230. The lowest BCUT2D eigenvalue weighted by atomic mass is 10.1. The number of carboxylic acid groups (broad SMARTS) is 1. The molecular formula is C19H20F6N8O3. The summed E-state index contributed by atoms with van der Waals surface area (Å²) in [7, 11) is 1.48. The largest absolute Gasteiger partial charge is 0.490 e. The molecule has 1 fully saturated rings. The highest BCUT2D eigenvalue weighted by molar-refractivity contribution is 6.08. The van der Waals surface area contributed by atoms with Gasteiger partial charge in [-0.15, -0.1) is 0 Å². The number of nitrogens with zero attached hydrogens (tertiary/aromatic N) is 6. The quantitative estimate of drug-likeness (QED) is 0.443. The van der Waals surface area contributed by atoms with Crippen molar-refractivity contribution in [2.45, 2.75) is 31.2 Å². The van der Waals surface area contributed by atoms with Gasteiger partial charge in [-0.2, -0.15) is 23.4 Å². The number of hydrogen-bond acceptors (Lipinski definition) is 7. The van der Waals surface area contributed by atoms with E-state index in [-0.39, 0.29) is 35.9 Å². The van der Waals surface area contributed by atoms with Gasteiger partial charge in [0.1, 0.15) is 17.6 Å². The number of nitrogens with one attached hydrogen (secondary N) is 1. The summed E-state index contributed by atoms with van der Waals surface area (Å²) in [5.41, 5.74) is 5.58. The van der Waals surface area contributed by atoms with Crippen LogP contribution < -0.4 is 16.0 Å². The second kappa shape index (κ2) is 10.4. The standard InChI is InChI=1S/C17H19F3N8O.C2HF3O2/c1-26-8-12(14(25-26)15(19)20)23-17(29)11-5-22-28-3-2-13(24-16(11)28)27-6-9(18)4-10(21)7-27;3-2(4,5)1(6)7/h2-3,5,8-10,15H,4,6-7,21H2,1H3,(H,23,29);(H,6,7)/t9-,10-;/m1./s1. The van der Waals surface area contributed by atoms with Gasteiger partial charge < -0.3 is 21.1 Å². The number of piperidine rings is 1. The average molecular weight is 522 g/mol. The van der Waals surface area contributed by atoms with Crippen molar-refractivity contribution in [3.63, 3.8) is 0 Å². The number of halogens is 6. The molecule has 0 spiro atoms. The maximum Gasteiger partial charge on any atom is 0.490 e. The molecule has 1 aliphatic rings. The number of carboxylic acids is 1. The molecule has 196 valence electrons. The van der Waals surface area contributed by atoms with Gasteiger partial charge in [-0.3, -0.25) is 9.48 Å². The van der Waals surface area contributed by atoms with Crippen LogP contribution in [0.25, 0.3) is 5.65 Å². The Hall–Kier alpha value is -3.89. The fourth-order valence-corrected chi connectivity index (χ4v) is 3.41. The van der Waals surface area contributed by atoms with Gasteiger partial charge in [-0.05, 0) is 12.5 Å². The van der Waals surface area contributed by atoms with Gasteiger partial charge in [-0.25, -0.2) is 27.5 Å². The highest BCUT2D eigenvalue weighted by Crippen LogP contribution is 2.26. The number of fused-ring (bicyclic) bond motifs is 1. The van der Waals surface area contributed by atoms with Gasteiger partial charge in [-0.1, -0.05) is 0 Å². The van der Waals surface area contributed by atoms with Crippen molar-refractivity contribution in [1.29, 1.82) is 0 Å². The van der Waals surface area contributed by atoms with E-state index in [2.05, 4.69) is 20.5 Å². The molecule has 1 amide bonds. The Labute approximate surface area is 198 Å². The molecular weight excluding hydrogens is 502 g/mol. The molecule has 17 heteroatoms. The topological polar surface area (TPSA) is 144 Å². The van der Waals surface area contributed by atoms with Crippen molar-refractivity contribution in [2.24, 2.45) is 12.8 Å². The summed E-state index contributed by atoms with van der Waals surface area (Å²) in [4.78, 5) is 27.7. The Morgan fingerprint density at radius 2 is 1.94 bits per heavy atom. The molecule has 1 saturated heterocycles. The number of anilines is 2. The number of carbonyl (C=O) groups is 2. The minimum absolute atomic E-state index is 0.0917. The third kappa shape index (κ3) is 6.21. The van der Waals surface area contributed by atoms with Crippen LogP contribution in [0.3, 0.4) is 0 Å². The Morgan fingerprint density at radius 1 is 1.28 bits per heavy atom. The van der Waals surface area contributed by atoms with E-state index < -0.39 is 36.3 Å². The molecule has 11 nitrogen and oxygen atoms in total. The molecule has 0 aliphatic carbocycles. The number of rotatable bonds is 4. The zero-order chi connectivity index (χ0) is 26.8. The van der Waals surface area contributed by atoms with Crippen LogP contribution in [0.2, 0.25) is 0 Å². The predicted molar refractivity (Wildman–Crippen MR) is 112 cm³/mol. The van der Waals surface area contributed by atoms with Gasteiger partial charge in [0.25, 0.3) is 12.3 Å². The van der Waals surface area contributed by atoms with Crippen molar-refractivity contribution in [3.8, 4) is 0 Å². The zero-order valence-electron chi connectivity index (χ0n) is 18.5. The zero-order valence-corrected chi connectivity index (χ0v) is 18.5. The highest BCUT2D eigenvalue weighted by atomic mass is 19.4. The number of aryl methyl sites for hydroxylation is 1. The van der Waals surface area contributed by atoms with Crippen molar-refractivity contribution >= 4 is 29.0 Å². The van der Waals surface area contributed by atoms with Crippen LogP contribution in [-0.4, -0.2) is 72.8 Å². The summed E-state index contributed by atoms with van der Waals surface area (Å²) >= 11 is 0. The van der Waals surface area contributed by atoms with E-state index in [1.54, 1.807) is 17.2 Å². The first kappa shape index (κ1) is 26.7. The number of nitrogens with two attached hydrogens (primary N) is 1. The molecule has 0 aromatic carbocycles. The lowest BCUT2D eigenvalue weighted by Crippen LogP contribution is -2.48. The normalized spacial score (nSPS) is 18.2. The molecule has 0 saturated carbocycles. The van der Waals surface area contributed by atoms with Crippen molar-refractivity contribution in [1.82, 2.24) is 24.4 Å². The first-order valence-corrected chi connectivity index (χ1v) is 10.2. The SMILES string of the molecule is Cn1cc(NC(=O)c2cnn3ccc(N4C[C@H](N)C[C@@H](F)C4)nc23)c(C(F)F)n1.O=C(O)C(F)(F)F. The third-order valence-corrected chi connectivity index (χ3v) is 4.91. The summed E-state index contributed by atoms with van der Waals surface area (Å²) < 4.78 is 74.4. The number of alkyl halides is 6. The van der Waals surface area contributed by atoms with Crippen LogP contribution >= 0.6 is 0 Å². The molecule has 4 heterocycles. The minimum atomic E-state index is -5.08. The van der Waals surface area contributed by atoms with E-state index in [0.717, 1.165) is 0 Å². The van der Waals surface area contributed by atoms with E-state index >= 15 is 0 Å².